The molecule has 0 radical (unpaired) electrons. The fourth-order valence-electron chi connectivity index (χ4n) is 9.21. The molecule has 288 valence electrons. The summed E-state index contributed by atoms with van der Waals surface area (Å²) in [5.74, 6) is -2.02. The number of aliphatic hydroxyl groups is 1. The summed E-state index contributed by atoms with van der Waals surface area (Å²) in [6.07, 6.45) is 2.75. The van der Waals surface area contributed by atoms with Crippen LogP contribution < -0.4 is 10.6 Å². The summed E-state index contributed by atoms with van der Waals surface area (Å²) < 4.78 is 19.8. The standard InChI is InChI=1S/C44H43N3O9/c48-20-19-45-40(50)30-17-7-9-27(21-30)25-46-42(52)44-24-35-36-37(55-43(54-36)22-31-12-2-3-13-32(31)23-43)39(44)56-47(38(44)41(51)53-35)26-33-14-4-1-10-28(33)15-8-16-29-11-5-6-18-34(29)49/h1-15,17-18,21,35-39,48-49H,16,19-20,22-26H2,(H,45,50)(H,46,52)/t35-,36+,37+,38+,39-,44+/m1/s1. The lowest BCUT2D eigenvalue weighted by molar-refractivity contribution is -0.217. The number of carbonyl (C=O) groups is 3. The number of rotatable bonds is 11. The number of hydrogen-bond donors (Lipinski definition) is 4. The summed E-state index contributed by atoms with van der Waals surface area (Å²) in [5.41, 5.74) is 4.52. The van der Waals surface area contributed by atoms with E-state index in [2.05, 4.69) is 22.8 Å². The van der Waals surface area contributed by atoms with Gasteiger partial charge in [-0.05, 0) is 58.0 Å². The van der Waals surface area contributed by atoms with Gasteiger partial charge in [0.15, 0.2) is 11.8 Å². The molecule has 4 aromatic carbocycles. The predicted molar refractivity (Wildman–Crippen MR) is 202 cm³/mol. The van der Waals surface area contributed by atoms with Gasteiger partial charge >= 0.3 is 5.97 Å². The number of phenols is 1. The molecular weight excluding hydrogens is 714 g/mol. The SMILES string of the molecule is O=C(NCCO)c1cccc(CNC(=O)[C@@]23C[C@H]4OC(=O)[C@@H]2N(Cc2ccccc2C=CCc2ccccc2O)O[C@@H]3[C@H]2OC3(Cc5ccccc5C3)O[C@H]24)c1. The number of fused-ring (bicyclic) bond motifs is 5. The molecule has 12 nitrogen and oxygen atoms in total. The van der Waals surface area contributed by atoms with Crippen molar-refractivity contribution < 1.29 is 43.6 Å². The van der Waals surface area contributed by atoms with Crippen molar-refractivity contribution in [1.29, 1.82) is 0 Å². The molecule has 12 heteroatoms. The highest BCUT2D eigenvalue weighted by molar-refractivity contribution is 5.95. The maximum Gasteiger partial charge on any atom is 0.327 e. The van der Waals surface area contributed by atoms with Gasteiger partial charge in [0.2, 0.25) is 5.91 Å². The number of nitrogens with one attached hydrogen (secondary N) is 2. The van der Waals surface area contributed by atoms with Crippen LogP contribution >= 0.6 is 0 Å². The highest BCUT2D eigenvalue weighted by atomic mass is 16.8. The third kappa shape index (κ3) is 6.37. The molecule has 2 amide bonds. The Morgan fingerprint density at radius 3 is 2.39 bits per heavy atom. The average Bonchev–Trinajstić information content (AvgIpc) is 3.89. The number of amides is 2. The van der Waals surface area contributed by atoms with Crippen LogP contribution in [0.4, 0.5) is 0 Å². The number of nitrogens with zero attached hydrogens (tertiary/aromatic N) is 1. The van der Waals surface area contributed by atoms with Crippen molar-refractivity contribution in [1.82, 2.24) is 15.7 Å². The molecule has 1 spiro atoms. The van der Waals surface area contributed by atoms with Gasteiger partial charge in [-0.1, -0.05) is 91.0 Å². The lowest BCUT2D eigenvalue weighted by atomic mass is 9.62. The number of aliphatic hydroxyl groups excluding tert-OH is 1. The van der Waals surface area contributed by atoms with Gasteiger partial charge in [-0.3, -0.25) is 19.2 Å². The van der Waals surface area contributed by atoms with Gasteiger partial charge in [-0.25, -0.2) is 0 Å². The Balaban J connectivity index is 1.02. The average molecular weight is 758 g/mol. The molecule has 3 heterocycles. The third-order valence-electron chi connectivity index (χ3n) is 11.8. The molecule has 0 unspecified atom stereocenters. The van der Waals surface area contributed by atoms with E-state index in [4.69, 9.17) is 24.2 Å². The quantitative estimate of drug-likeness (QED) is 0.166. The van der Waals surface area contributed by atoms with Crippen LogP contribution in [-0.4, -0.2) is 82.5 Å². The van der Waals surface area contributed by atoms with E-state index in [1.54, 1.807) is 35.4 Å². The second-order valence-electron chi connectivity index (χ2n) is 15.2. The number of para-hydroxylation sites is 1. The number of hydroxylamine groups is 2. The molecule has 3 aliphatic heterocycles. The molecule has 4 N–H and O–H groups in total. The Morgan fingerprint density at radius 1 is 0.875 bits per heavy atom. The van der Waals surface area contributed by atoms with Crippen LogP contribution in [0.15, 0.2) is 103 Å². The normalized spacial score (nSPS) is 26.9. The zero-order valence-electron chi connectivity index (χ0n) is 30.6. The molecule has 3 saturated heterocycles. The van der Waals surface area contributed by atoms with E-state index in [1.807, 2.05) is 66.7 Å². The fourth-order valence-corrected chi connectivity index (χ4v) is 9.21. The van der Waals surface area contributed by atoms with E-state index in [0.29, 0.717) is 30.4 Å². The predicted octanol–water partition coefficient (Wildman–Crippen LogP) is 3.77. The second-order valence-corrected chi connectivity index (χ2v) is 15.2. The fraction of sp³-hybridized carbons (Fsp3) is 0.341. The minimum Gasteiger partial charge on any atom is -0.508 e. The monoisotopic (exact) mass is 757 g/mol. The molecular formula is C44H43N3O9. The molecule has 2 bridgehead atoms. The number of allylic oxidation sites excluding steroid dienone is 1. The number of ether oxygens (including phenoxy) is 3. The number of aromatic hydroxyl groups is 1. The van der Waals surface area contributed by atoms with Crippen molar-refractivity contribution in [2.45, 2.75) is 75.0 Å². The first-order valence-electron chi connectivity index (χ1n) is 19.1. The summed E-state index contributed by atoms with van der Waals surface area (Å²) in [6.45, 7) is 0.212. The molecule has 1 saturated carbocycles. The number of benzene rings is 4. The minimum absolute atomic E-state index is 0.0934. The first-order valence-corrected chi connectivity index (χ1v) is 19.1. The van der Waals surface area contributed by atoms with Gasteiger partial charge in [0.1, 0.15) is 35.6 Å². The molecule has 9 rings (SSSR count). The highest BCUT2D eigenvalue weighted by Gasteiger charge is 2.76. The van der Waals surface area contributed by atoms with E-state index >= 15 is 0 Å². The molecule has 2 aliphatic carbocycles. The molecule has 4 aromatic rings. The summed E-state index contributed by atoms with van der Waals surface area (Å²) in [7, 11) is 0. The number of hydrogen-bond acceptors (Lipinski definition) is 10. The van der Waals surface area contributed by atoms with Crippen LogP contribution in [0.3, 0.4) is 0 Å². The topological polar surface area (TPSA) is 156 Å². The van der Waals surface area contributed by atoms with Crippen LogP contribution in [0.2, 0.25) is 0 Å². The van der Waals surface area contributed by atoms with Crippen molar-refractivity contribution >= 4 is 23.9 Å². The van der Waals surface area contributed by atoms with E-state index < -0.39 is 47.6 Å². The minimum atomic E-state index is -1.38. The van der Waals surface area contributed by atoms with Crippen molar-refractivity contribution in [2.24, 2.45) is 5.41 Å². The molecule has 5 aliphatic rings. The molecule has 4 fully saturated rings. The van der Waals surface area contributed by atoms with E-state index in [1.165, 1.54) is 0 Å². The van der Waals surface area contributed by atoms with E-state index in [-0.39, 0.29) is 50.2 Å². The Hall–Kier alpha value is -5.37. The first-order chi connectivity index (χ1) is 27.3. The first kappa shape index (κ1) is 36.3. The second kappa shape index (κ2) is 14.6. The lowest BCUT2D eigenvalue weighted by Crippen LogP contribution is -2.69. The maximum atomic E-state index is 14.9. The van der Waals surface area contributed by atoms with E-state index in [9.17, 15) is 19.5 Å². The van der Waals surface area contributed by atoms with Gasteiger partial charge in [-0.15, -0.1) is 0 Å². The van der Waals surface area contributed by atoms with Crippen molar-refractivity contribution in [3.05, 3.63) is 142 Å². The molecule has 6 atom stereocenters. The van der Waals surface area contributed by atoms with Gasteiger partial charge < -0.3 is 35.1 Å². The Kier molecular flexibility index (Phi) is 9.46. The number of phenolic OH excluding ortho intramolecular Hbond substituents is 1. The number of carbonyl (C=O) groups excluding carboxylic acids is 3. The zero-order chi connectivity index (χ0) is 38.4. The van der Waals surface area contributed by atoms with Gasteiger partial charge in [0.25, 0.3) is 5.91 Å². The van der Waals surface area contributed by atoms with Gasteiger partial charge in [-0.2, -0.15) is 5.06 Å². The Labute approximate surface area is 324 Å². The van der Waals surface area contributed by atoms with Crippen LogP contribution in [0.25, 0.3) is 6.08 Å². The largest absolute Gasteiger partial charge is 0.508 e. The van der Waals surface area contributed by atoms with Gasteiger partial charge in [0.05, 0.1) is 13.2 Å². The van der Waals surface area contributed by atoms with E-state index in [0.717, 1.165) is 27.8 Å². The van der Waals surface area contributed by atoms with Crippen LogP contribution in [0, 0.1) is 5.41 Å². The van der Waals surface area contributed by atoms with Crippen molar-refractivity contribution in [2.75, 3.05) is 13.2 Å². The Bertz CT molecular complexity index is 2180. The summed E-state index contributed by atoms with van der Waals surface area (Å²) in [4.78, 5) is 48.5. The summed E-state index contributed by atoms with van der Waals surface area (Å²) in [5, 5.41) is 26.7. The number of esters is 1. The van der Waals surface area contributed by atoms with Crippen LogP contribution in [0.5, 0.6) is 5.75 Å². The molecule has 56 heavy (non-hydrogen) atoms. The van der Waals surface area contributed by atoms with Crippen molar-refractivity contribution in [3.63, 3.8) is 0 Å². The third-order valence-corrected chi connectivity index (χ3v) is 11.8. The Morgan fingerprint density at radius 2 is 1.61 bits per heavy atom. The smallest absolute Gasteiger partial charge is 0.327 e. The summed E-state index contributed by atoms with van der Waals surface area (Å²) >= 11 is 0. The maximum absolute atomic E-state index is 14.9. The van der Waals surface area contributed by atoms with Gasteiger partial charge in [0, 0.05) is 37.9 Å². The zero-order valence-corrected chi connectivity index (χ0v) is 30.6. The van der Waals surface area contributed by atoms with Crippen LogP contribution in [0.1, 0.15) is 50.2 Å². The summed E-state index contributed by atoms with van der Waals surface area (Å²) in [6, 6.07) is 28.9. The van der Waals surface area contributed by atoms with Crippen molar-refractivity contribution in [3.8, 4) is 5.75 Å². The van der Waals surface area contributed by atoms with Crippen LogP contribution in [-0.2, 0) is 61.0 Å². The lowest BCUT2D eigenvalue weighted by Gasteiger charge is -2.48. The highest BCUT2D eigenvalue weighted by Crippen LogP contribution is 2.58. The molecule has 0 aromatic heterocycles.